The molecule has 1 aliphatic rings. The van der Waals surface area contributed by atoms with E-state index in [0.717, 1.165) is 22.7 Å². The number of ether oxygens (including phenoxy) is 1. The van der Waals surface area contributed by atoms with Crippen LogP contribution in [0.2, 0.25) is 0 Å². The lowest BCUT2D eigenvalue weighted by Crippen LogP contribution is -2.34. The van der Waals surface area contributed by atoms with Crippen LogP contribution in [0.15, 0.2) is 59.4 Å². The van der Waals surface area contributed by atoms with Crippen molar-refractivity contribution in [3.63, 3.8) is 0 Å². The average molecular weight is 424 g/mol. The van der Waals surface area contributed by atoms with Crippen molar-refractivity contribution in [1.82, 2.24) is 9.36 Å². The van der Waals surface area contributed by atoms with E-state index in [1.807, 2.05) is 82.4 Å². The topological polar surface area (TPSA) is 56.5 Å². The second kappa shape index (κ2) is 8.07. The van der Waals surface area contributed by atoms with Gasteiger partial charge in [0.15, 0.2) is 0 Å². The van der Waals surface area contributed by atoms with Crippen LogP contribution >= 0.6 is 11.8 Å². The maximum absolute atomic E-state index is 13.5. The van der Waals surface area contributed by atoms with E-state index in [1.54, 1.807) is 14.3 Å². The summed E-state index contributed by atoms with van der Waals surface area (Å²) in [6, 6.07) is 17.2. The molecule has 0 spiro atoms. The molecule has 2 heterocycles. The van der Waals surface area contributed by atoms with Gasteiger partial charge in [0.1, 0.15) is 16.8 Å². The third kappa shape index (κ3) is 3.23. The minimum Gasteiger partial charge on any atom is -0.493 e. The van der Waals surface area contributed by atoms with Gasteiger partial charge in [-0.25, -0.2) is 4.68 Å². The highest BCUT2D eigenvalue weighted by atomic mass is 32.2. The third-order valence-corrected chi connectivity index (χ3v) is 6.73. The van der Waals surface area contributed by atoms with Crippen LogP contribution < -0.4 is 15.2 Å². The van der Waals surface area contributed by atoms with Gasteiger partial charge in [-0.1, -0.05) is 36.4 Å². The molecule has 0 saturated carbocycles. The lowest BCUT2D eigenvalue weighted by Gasteiger charge is -2.24. The van der Waals surface area contributed by atoms with Crippen LogP contribution in [0.4, 0.5) is 5.69 Å². The van der Waals surface area contributed by atoms with Crippen LogP contribution in [0.25, 0.3) is 5.69 Å². The smallest absolute Gasteiger partial charge is 0.295 e. The molecule has 0 unspecified atom stereocenters. The molecule has 1 amide bonds. The summed E-state index contributed by atoms with van der Waals surface area (Å²) in [5.74, 6) is 0.670. The Labute approximate surface area is 180 Å². The van der Waals surface area contributed by atoms with E-state index in [0.29, 0.717) is 12.3 Å². The monoisotopic (exact) mass is 423 g/mol. The van der Waals surface area contributed by atoms with Gasteiger partial charge in [-0.05, 0) is 39.0 Å². The summed E-state index contributed by atoms with van der Waals surface area (Å²) in [7, 11) is 1.84. The van der Waals surface area contributed by atoms with Gasteiger partial charge in [-0.15, -0.1) is 11.8 Å². The average Bonchev–Trinajstić information content (AvgIpc) is 3.15. The summed E-state index contributed by atoms with van der Waals surface area (Å²) in [4.78, 5) is 28.4. The molecule has 0 bridgehead atoms. The van der Waals surface area contributed by atoms with Crippen LogP contribution in [0.1, 0.15) is 30.5 Å². The fourth-order valence-corrected chi connectivity index (χ4v) is 5.16. The van der Waals surface area contributed by atoms with Crippen LogP contribution in [-0.2, 0) is 11.8 Å². The van der Waals surface area contributed by atoms with Gasteiger partial charge in [0.25, 0.3) is 5.56 Å². The third-order valence-electron chi connectivity index (χ3n) is 5.40. The zero-order chi connectivity index (χ0) is 21.4. The Morgan fingerprint density at radius 2 is 1.70 bits per heavy atom. The number of amides is 1. The number of anilines is 1. The molecule has 2 aromatic carbocycles. The van der Waals surface area contributed by atoms with Gasteiger partial charge in [0, 0.05) is 12.6 Å². The second-order valence-electron chi connectivity index (χ2n) is 7.22. The Morgan fingerprint density at radius 3 is 2.40 bits per heavy atom. The van der Waals surface area contributed by atoms with E-state index >= 15 is 0 Å². The molecule has 6 nitrogen and oxygen atoms in total. The lowest BCUT2D eigenvalue weighted by molar-refractivity contribution is -0.117. The van der Waals surface area contributed by atoms with E-state index in [9.17, 15) is 9.59 Å². The molecule has 4 rings (SSSR count). The van der Waals surface area contributed by atoms with E-state index in [2.05, 4.69) is 0 Å². The van der Waals surface area contributed by atoms with E-state index in [1.165, 1.54) is 11.8 Å². The quantitative estimate of drug-likeness (QED) is 0.621. The summed E-state index contributed by atoms with van der Waals surface area (Å²) in [5.41, 5.74) is 2.61. The molecule has 0 aliphatic carbocycles. The number of hydrogen-bond acceptors (Lipinski definition) is 4. The first-order valence-electron chi connectivity index (χ1n) is 10.00. The minimum absolute atomic E-state index is 0.0673. The number of para-hydroxylation sites is 2. The molecule has 156 valence electrons. The van der Waals surface area contributed by atoms with Crippen LogP contribution in [-0.4, -0.2) is 27.1 Å². The highest BCUT2D eigenvalue weighted by Crippen LogP contribution is 2.47. The molecule has 1 saturated heterocycles. The van der Waals surface area contributed by atoms with Gasteiger partial charge < -0.3 is 4.74 Å². The second-order valence-corrected chi connectivity index (χ2v) is 8.65. The maximum atomic E-state index is 13.5. The van der Waals surface area contributed by atoms with Gasteiger partial charge in [-0.2, -0.15) is 0 Å². The number of carbonyl (C=O) groups excluding carboxylic acids is 1. The van der Waals surface area contributed by atoms with Crippen molar-refractivity contribution in [2.24, 2.45) is 7.05 Å². The van der Waals surface area contributed by atoms with Gasteiger partial charge >= 0.3 is 0 Å². The van der Waals surface area contributed by atoms with Crippen molar-refractivity contribution in [2.45, 2.75) is 31.4 Å². The molecular weight excluding hydrogens is 398 g/mol. The Balaban J connectivity index is 1.89. The van der Waals surface area contributed by atoms with Crippen molar-refractivity contribution < 1.29 is 9.53 Å². The largest absolute Gasteiger partial charge is 0.493 e. The molecule has 1 aromatic heterocycles. The maximum Gasteiger partial charge on any atom is 0.295 e. The van der Waals surface area contributed by atoms with Gasteiger partial charge in [0.2, 0.25) is 5.91 Å². The number of hydrogen-bond donors (Lipinski definition) is 0. The molecule has 1 aliphatic heterocycles. The Morgan fingerprint density at radius 1 is 1.03 bits per heavy atom. The minimum atomic E-state index is -0.326. The highest BCUT2D eigenvalue weighted by Gasteiger charge is 2.43. The van der Waals surface area contributed by atoms with Crippen LogP contribution in [0.3, 0.4) is 0 Å². The SMILES string of the molecule is CCOc1ccccc1[C@@H]1S[C@H](C)C(=O)N1c1c(C)n(C)n(-c2ccccc2)c1=O. The van der Waals surface area contributed by atoms with Crippen molar-refractivity contribution in [1.29, 1.82) is 0 Å². The summed E-state index contributed by atoms with van der Waals surface area (Å²) >= 11 is 1.54. The van der Waals surface area contributed by atoms with E-state index < -0.39 is 0 Å². The number of thioether (sulfide) groups is 1. The van der Waals surface area contributed by atoms with Crippen molar-refractivity contribution >= 4 is 23.4 Å². The van der Waals surface area contributed by atoms with Crippen molar-refractivity contribution in [3.05, 3.63) is 76.2 Å². The lowest BCUT2D eigenvalue weighted by atomic mass is 10.1. The fourth-order valence-electron chi connectivity index (χ4n) is 3.87. The van der Waals surface area contributed by atoms with Gasteiger partial charge in [-0.3, -0.25) is 19.2 Å². The van der Waals surface area contributed by atoms with Crippen LogP contribution in [0.5, 0.6) is 5.75 Å². The van der Waals surface area contributed by atoms with E-state index in [-0.39, 0.29) is 22.1 Å². The Bertz CT molecular complexity index is 1140. The van der Waals surface area contributed by atoms with Crippen LogP contribution in [0, 0.1) is 6.92 Å². The van der Waals surface area contributed by atoms with Crippen molar-refractivity contribution in [2.75, 3.05) is 11.5 Å². The molecular formula is C23H25N3O3S. The first kappa shape index (κ1) is 20.3. The molecule has 1 fully saturated rings. The van der Waals surface area contributed by atoms with E-state index in [4.69, 9.17) is 4.74 Å². The standard InChI is InChI=1S/C23H25N3O3S/c1-5-29-19-14-10-9-13-18(19)23-25(21(27)16(3)30-23)20-15(2)24(4)26(22(20)28)17-11-7-6-8-12-17/h6-14,16,23H,5H2,1-4H3/t16-,23+/m1/s1. The fraction of sp³-hybridized carbons (Fsp3) is 0.304. The Kier molecular flexibility index (Phi) is 5.47. The highest BCUT2D eigenvalue weighted by molar-refractivity contribution is 8.01. The Hall–Kier alpha value is -2.93. The summed E-state index contributed by atoms with van der Waals surface area (Å²) in [5, 5.41) is -0.581. The number of aromatic nitrogens is 2. The molecule has 3 aromatic rings. The summed E-state index contributed by atoms with van der Waals surface area (Å²) in [6.45, 7) is 6.23. The molecule has 0 N–H and O–H groups in total. The first-order chi connectivity index (χ1) is 14.5. The normalized spacial score (nSPS) is 18.8. The first-order valence-corrected chi connectivity index (χ1v) is 10.9. The zero-order valence-corrected chi connectivity index (χ0v) is 18.3. The van der Waals surface area contributed by atoms with Gasteiger partial charge in [0.05, 0.1) is 23.2 Å². The molecule has 7 heteroatoms. The number of carbonyl (C=O) groups is 1. The predicted molar refractivity (Wildman–Crippen MR) is 121 cm³/mol. The molecule has 0 radical (unpaired) electrons. The number of benzene rings is 2. The molecule has 2 atom stereocenters. The summed E-state index contributed by atoms with van der Waals surface area (Å²) in [6.07, 6.45) is 0. The van der Waals surface area contributed by atoms with Crippen molar-refractivity contribution in [3.8, 4) is 11.4 Å². The predicted octanol–water partition coefficient (Wildman–Crippen LogP) is 4.05. The summed E-state index contributed by atoms with van der Waals surface area (Å²) < 4.78 is 9.24. The molecule has 30 heavy (non-hydrogen) atoms. The zero-order valence-electron chi connectivity index (χ0n) is 17.5. The number of rotatable bonds is 5. The number of nitrogens with zero attached hydrogens (tertiary/aromatic N) is 3.